The third kappa shape index (κ3) is 8.77. The fourth-order valence-corrected chi connectivity index (χ4v) is 2.12. The average Bonchev–Trinajstić information content (AvgIpc) is 1.80. The molecular weight excluding hydrogens is 120 g/mol. The molecule has 0 nitrogen and oxygen atoms in total. The van der Waals surface area contributed by atoms with Crippen molar-refractivity contribution in [2.75, 3.05) is 0 Å². The van der Waals surface area contributed by atoms with Gasteiger partial charge in [-0.3, -0.25) is 0 Å². The molecule has 0 heterocycles. The van der Waals surface area contributed by atoms with Gasteiger partial charge in [-0.05, 0) is 5.92 Å². The van der Waals surface area contributed by atoms with Crippen LogP contribution in [-0.4, -0.2) is 20.4 Å². The highest BCUT2D eigenvalue weighted by molar-refractivity contribution is 6.35. The fourth-order valence-electron chi connectivity index (χ4n) is 0.979. The molecule has 0 spiro atoms. The lowest BCUT2D eigenvalue weighted by molar-refractivity contribution is 0.575. The van der Waals surface area contributed by atoms with Crippen LogP contribution in [0.25, 0.3) is 0 Å². The van der Waals surface area contributed by atoms with Crippen LogP contribution in [0.1, 0.15) is 33.6 Å². The zero-order valence-corrected chi connectivity index (χ0v) is 8.53. The van der Waals surface area contributed by atoms with Crippen molar-refractivity contribution in [3.63, 3.8) is 0 Å². The summed E-state index contributed by atoms with van der Waals surface area (Å²) in [6.45, 7) is 6.95. The van der Waals surface area contributed by atoms with Crippen LogP contribution >= 0.6 is 0 Å². The van der Waals surface area contributed by atoms with E-state index in [2.05, 4.69) is 20.8 Å². The topological polar surface area (TPSA) is 0 Å². The van der Waals surface area contributed by atoms with Gasteiger partial charge in [0.25, 0.3) is 0 Å². The summed E-state index contributed by atoms with van der Waals surface area (Å²) in [4.78, 5) is 0. The largest absolute Gasteiger partial charge is 0.363 e. The van der Waals surface area contributed by atoms with Crippen LogP contribution in [0.2, 0.25) is 9.10 Å². The highest BCUT2D eigenvalue weighted by atomic mass is 24.5. The Kier molecular flexibility index (Phi) is 7.47. The maximum Gasteiger partial charge on any atom is 0.363 e. The second-order valence-corrected chi connectivity index (χ2v) is 5.66. The van der Waals surface area contributed by atoms with Crippen LogP contribution in [-0.2, 0) is 0 Å². The quantitative estimate of drug-likeness (QED) is 0.405. The van der Waals surface area contributed by atoms with Gasteiger partial charge < -0.3 is 0 Å². The molecule has 0 rings (SSSR count). The van der Waals surface area contributed by atoms with Crippen LogP contribution in [0.3, 0.4) is 0 Å². The van der Waals surface area contributed by atoms with E-state index in [-0.39, 0.29) is 0 Å². The Morgan fingerprint density at radius 1 is 1.33 bits per heavy atom. The van der Waals surface area contributed by atoms with E-state index in [0.717, 1.165) is 5.92 Å². The zero-order chi connectivity index (χ0) is 7.11. The molecule has 0 aliphatic carbocycles. The van der Waals surface area contributed by atoms with E-state index < -0.39 is 0 Å². The molecule has 0 fully saturated rings. The molecule has 0 aromatic heterocycles. The van der Waals surface area contributed by atoms with Crippen molar-refractivity contribution in [1.29, 1.82) is 0 Å². The Morgan fingerprint density at radius 2 is 2.00 bits per heavy atom. The lowest BCUT2D eigenvalue weighted by Gasteiger charge is -2.01. The van der Waals surface area contributed by atoms with Crippen molar-refractivity contribution in [1.82, 2.24) is 0 Å². The third-order valence-electron chi connectivity index (χ3n) is 1.64. The van der Waals surface area contributed by atoms with E-state index in [1.807, 2.05) is 0 Å². The van der Waals surface area contributed by atoms with E-state index in [1.165, 1.54) is 17.4 Å². The number of rotatable bonds is 5. The highest BCUT2D eigenvalue weighted by Gasteiger charge is 1.94. The van der Waals surface area contributed by atoms with Gasteiger partial charge in [0.2, 0.25) is 0 Å². The molecule has 0 aliphatic rings. The van der Waals surface area contributed by atoms with Crippen molar-refractivity contribution in [2.24, 2.45) is 5.92 Å². The molecular formula is C8H18Mg. The Labute approximate surface area is 69.1 Å². The summed E-state index contributed by atoms with van der Waals surface area (Å²) in [6.07, 6.45) is 2.95. The van der Waals surface area contributed by atoms with Gasteiger partial charge in [-0.15, -0.1) is 9.10 Å². The van der Waals surface area contributed by atoms with Crippen LogP contribution < -0.4 is 0 Å². The first-order chi connectivity index (χ1) is 4.27. The molecule has 0 saturated heterocycles. The van der Waals surface area contributed by atoms with E-state index in [1.54, 1.807) is 4.55 Å². The standard InChI is InChI=1S/C6H13.C2H5.Mg/c1-4-5-6(2)3;1-2;/h6H,1,4-5H2,2-3H3;1H2,2H3;. The van der Waals surface area contributed by atoms with E-state index in [9.17, 15) is 0 Å². The molecule has 0 unspecified atom stereocenters. The second-order valence-electron chi connectivity index (χ2n) is 3.24. The molecule has 0 N–H and O–H groups in total. The third-order valence-corrected chi connectivity index (χ3v) is 3.34. The maximum atomic E-state index is 2.32. The highest BCUT2D eigenvalue weighted by Crippen LogP contribution is 2.06. The zero-order valence-electron chi connectivity index (χ0n) is 7.11. The van der Waals surface area contributed by atoms with E-state index in [0.29, 0.717) is 20.4 Å². The van der Waals surface area contributed by atoms with Gasteiger partial charge in [0.15, 0.2) is 0 Å². The Morgan fingerprint density at radius 3 is 2.44 bits per heavy atom. The molecule has 0 aromatic carbocycles. The van der Waals surface area contributed by atoms with Crippen molar-refractivity contribution < 1.29 is 0 Å². The Hall–Kier alpha value is 0.766. The molecule has 1 heteroatoms. The van der Waals surface area contributed by atoms with Gasteiger partial charge in [-0.2, -0.15) is 0 Å². The summed E-state index contributed by atoms with van der Waals surface area (Å²) < 4.78 is 3.08. The van der Waals surface area contributed by atoms with E-state index in [4.69, 9.17) is 0 Å². The molecule has 0 saturated carbocycles. The number of hydrogen-bond acceptors (Lipinski definition) is 0. The van der Waals surface area contributed by atoms with Gasteiger partial charge in [-0.1, -0.05) is 33.6 Å². The lowest BCUT2D eigenvalue weighted by atomic mass is 10.1. The van der Waals surface area contributed by atoms with Crippen LogP contribution in [0.4, 0.5) is 0 Å². The van der Waals surface area contributed by atoms with Gasteiger partial charge in [0.05, 0.1) is 0 Å². The van der Waals surface area contributed by atoms with Gasteiger partial charge >= 0.3 is 20.4 Å². The predicted octanol–water partition coefficient (Wildman–Crippen LogP) is 2.98. The van der Waals surface area contributed by atoms with E-state index >= 15 is 0 Å². The SMILES string of the molecule is C[CH2][Mg][CH2]CCC(C)C. The van der Waals surface area contributed by atoms with Crippen LogP contribution in [0.5, 0.6) is 0 Å². The smallest absolute Gasteiger partial charge is 0.149 e. The summed E-state index contributed by atoms with van der Waals surface area (Å²) >= 11 is 0.379. The normalized spacial score (nSPS) is 9.78. The Balaban J connectivity index is 2.75. The maximum absolute atomic E-state index is 2.32. The molecule has 0 aliphatic heterocycles. The first-order valence-electron chi connectivity index (χ1n) is 4.27. The van der Waals surface area contributed by atoms with Crippen molar-refractivity contribution in [2.45, 2.75) is 42.7 Å². The second kappa shape index (κ2) is 6.88. The molecule has 0 bridgehead atoms. The summed E-state index contributed by atoms with van der Waals surface area (Å²) in [5, 5.41) is 0. The summed E-state index contributed by atoms with van der Waals surface area (Å²) in [5.74, 6) is 0.927. The van der Waals surface area contributed by atoms with Gasteiger partial charge in [0.1, 0.15) is 0 Å². The minimum Gasteiger partial charge on any atom is -0.149 e. The fraction of sp³-hybridized carbons (Fsp3) is 1.00. The average molecular weight is 139 g/mol. The van der Waals surface area contributed by atoms with Crippen molar-refractivity contribution in [3.8, 4) is 0 Å². The molecule has 9 heavy (non-hydrogen) atoms. The molecule has 0 amide bonds. The van der Waals surface area contributed by atoms with Gasteiger partial charge in [-0.25, -0.2) is 0 Å². The monoisotopic (exact) mass is 138 g/mol. The first kappa shape index (κ1) is 9.77. The van der Waals surface area contributed by atoms with Crippen molar-refractivity contribution in [3.05, 3.63) is 0 Å². The van der Waals surface area contributed by atoms with Gasteiger partial charge in [0, 0.05) is 0 Å². The molecule has 0 aromatic rings. The summed E-state index contributed by atoms with van der Waals surface area (Å²) in [6, 6.07) is 0. The Bertz CT molecular complexity index is 50.5. The minimum atomic E-state index is 0.379. The molecule has 0 atom stereocenters. The predicted molar refractivity (Wildman–Crippen MR) is 45.1 cm³/mol. The van der Waals surface area contributed by atoms with Crippen LogP contribution in [0.15, 0.2) is 0 Å². The summed E-state index contributed by atoms with van der Waals surface area (Å²) in [7, 11) is 0. The lowest BCUT2D eigenvalue weighted by Crippen LogP contribution is -1.90. The molecule has 0 radical (unpaired) electrons. The van der Waals surface area contributed by atoms with Crippen molar-refractivity contribution >= 4 is 20.4 Å². The van der Waals surface area contributed by atoms with Crippen LogP contribution in [0, 0.1) is 5.92 Å². The molecule has 52 valence electrons. The number of hydrogen-bond donors (Lipinski definition) is 0. The minimum absolute atomic E-state index is 0.379. The first-order valence-corrected chi connectivity index (χ1v) is 6.27. The summed E-state index contributed by atoms with van der Waals surface area (Å²) in [5.41, 5.74) is 0.